The van der Waals surface area contributed by atoms with Gasteiger partial charge in [-0.05, 0) is 19.9 Å². The van der Waals surface area contributed by atoms with Gasteiger partial charge in [-0.25, -0.2) is 0 Å². The van der Waals surface area contributed by atoms with Crippen LogP contribution in [-0.2, 0) is 6.54 Å². The highest BCUT2D eigenvalue weighted by molar-refractivity contribution is 5.96. The Morgan fingerprint density at radius 1 is 1.45 bits per heavy atom. The summed E-state index contributed by atoms with van der Waals surface area (Å²) < 4.78 is 7.02. The first-order chi connectivity index (χ1) is 9.49. The zero-order valence-corrected chi connectivity index (χ0v) is 12.3. The Bertz CT molecular complexity index is 572. The number of hydrogen-bond acceptors (Lipinski definition) is 4. The van der Waals surface area contributed by atoms with Gasteiger partial charge in [-0.3, -0.25) is 9.48 Å². The van der Waals surface area contributed by atoms with Crippen LogP contribution in [0.4, 0.5) is 0 Å². The highest BCUT2D eigenvalue weighted by atomic mass is 16.5. The zero-order valence-electron chi connectivity index (χ0n) is 12.3. The smallest absolute Gasteiger partial charge is 0.257 e. The van der Waals surface area contributed by atoms with Gasteiger partial charge in [0.05, 0.1) is 12.2 Å². The number of hydrogen-bond donors (Lipinski definition) is 1. The predicted molar refractivity (Wildman–Crippen MR) is 74.5 cm³/mol. The van der Waals surface area contributed by atoms with Crippen LogP contribution in [0.2, 0.25) is 0 Å². The van der Waals surface area contributed by atoms with Crippen LogP contribution < -0.4 is 5.32 Å². The molecule has 0 radical (unpaired) electrons. The summed E-state index contributed by atoms with van der Waals surface area (Å²) in [4.78, 5) is 12.4. The number of carbonyl (C=O) groups is 1. The molecule has 6 nitrogen and oxygen atoms in total. The van der Waals surface area contributed by atoms with Gasteiger partial charge in [0.2, 0.25) is 0 Å². The molecule has 2 heterocycles. The topological polar surface area (TPSA) is 73.0 Å². The molecule has 2 aromatic rings. The van der Waals surface area contributed by atoms with Crippen LogP contribution in [0.15, 0.2) is 23.0 Å². The maximum absolute atomic E-state index is 12.4. The van der Waals surface area contributed by atoms with Crippen LogP contribution in [0, 0.1) is 6.92 Å². The minimum atomic E-state index is -0.146. The van der Waals surface area contributed by atoms with Crippen molar-refractivity contribution in [1.29, 1.82) is 0 Å². The third kappa shape index (κ3) is 3.07. The fraction of sp³-hybridized carbons (Fsp3) is 0.500. The Kier molecular flexibility index (Phi) is 4.22. The lowest BCUT2D eigenvalue weighted by Gasteiger charge is -2.14. The summed E-state index contributed by atoms with van der Waals surface area (Å²) in [7, 11) is 0. The van der Waals surface area contributed by atoms with Crippen LogP contribution in [-0.4, -0.2) is 26.9 Å². The second kappa shape index (κ2) is 5.90. The molecule has 0 unspecified atom stereocenters. The summed E-state index contributed by atoms with van der Waals surface area (Å²) in [6, 6.07) is 1.83. The third-order valence-electron chi connectivity index (χ3n) is 3.04. The molecule has 6 heteroatoms. The lowest BCUT2D eigenvalue weighted by atomic mass is 10.0. The molecule has 0 saturated heterocycles. The molecule has 20 heavy (non-hydrogen) atoms. The van der Waals surface area contributed by atoms with E-state index in [1.54, 1.807) is 17.8 Å². The van der Waals surface area contributed by atoms with E-state index in [0.717, 1.165) is 0 Å². The Morgan fingerprint density at radius 2 is 2.20 bits per heavy atom. The Morgan fingerprint density at radius 3 is 2.80 bits per heavy atom. The Labute approximate surface area is 118 Å². The van der Waals surface area contributed by atoms with Crippen LogP contribution in [0.25, 0.3) is 0 Å². The normalized spacial score (nSPS) is 12.7. The van der Waals surface area contributed by atoms with Crippen molar-refractivity contribution in [3.63, 3.8) is 0 Å². The molecule has 0 bridgehead atoms. The van der Waals surface area contributed by atoms with Crippen molar-refractivity contribution in [2.24, 2.45) is 0 Å². The predicted octanol–water partition coefficient (Wildman–Crippen LogP) is 2.12. The Hall–Kier alpha value is -2.11. The molecule has 0 saturated carbocycles. The summed E-state index contributed by atoms with van der Waals surface area (Å²) in [5, 5.41) is 11.0. The van der Waals surface area contributed by atoms with Gasteiger partial charge in [-0.1, -0.05) is 19.0 Å². The monoisotopic (exact) mass is 276 g/mol. The molecule has 0 aliphatic carbocycles. The number of carbonyl (C=O) groups excluding carboxylic acids is 1. The van der Waals surface area contributed by atoms with E-state index in [-0.39, 0.29) is 17.9 Å². The van der Waals surface area contributed by atoms with Gasteiger partial charge in [0.25, 0.3) is 5.91 Å². The molecule has 0 aromatic carbocycles. The highest BCUT2D eigenvalue weighted by Crippen LogP contribution is 2.22. The van der Waals surface area contributed by atoms with E-state index in [4.69, 9.17) is 4.52 Å². The summed E-state index contributed by atoms with van der Waals surface area (Å²) in [6.45, 7) is 8.30. The second-order valence-corrected chi connectivity index (χ2v) is 5.26. The highest BCUT2D eigenvalue weighted by Gasteiger charge is 2.23. The minimum absolute atomic E-state index is 0.0308. The molecular formula is C14H20N4O2. The maximum Gasteiger partial charge on any atom is 0.257 e. The molecule has 0 aliphatic rings. The second-order valence-electron chi connectivity index (χ2n) is 5.26. The molecule has 108 valence electrons. The molecule has 1 atom stereocenters. The first kappa shape index (κ1) is 14.3. The van der Waals surface area contributed by atoms with Gasteiger partial charge < -0.3 is 9.84 Å². The first-order valence-electron chi connectivity index (χ1n) is 6.73. The standard InChI is InChI=1S/C14H20N4O2/c1-9(2)13-12(11(4)17-20-13)14(19)16-10(3)8-18-7-5-6-15-18/h5-7,9-10H,8H2,1-4H3,(H,16,19)/t10-/m1/s1. The van der Waals surface area contributed by atoms with E-state index in [0.29, 0.717) is 23.6 Å². The molecule has 1 amide bonds. The van der Waals surface area contributed by atoms with Gasteiger partial charge in [-0.15, -0.1) is 0 Å². The van der Waals surface area contributed by atoms with Crippen LogP contribution in [0.1, 0.15) is 48.5 Å². The van der Waals surface area contributed by atoms with E-state index in [2.05, 4.69) is 15.6 Å². The summed E-state index contributed by atoms with van der Waals surface area (Å²) in [5.74, 6) is 0.608. The minimum Gasteiger partial charge on any atom is -0.360 e. The first-order valence-corrected chi connectivity index (χ1v) is 6.73. The van der Waals surface area contributed by atoms with Crippen molar-refractivity contribution >= 4 is 5.91 Å². The van der Waals surface area contributed by atoms with Crippen molar-refractivity contribution in [1.82, 2.24) is 20.3 Å². The molecule has 0 aliphatic heterocycles. The van der Waals surface area contributed by atoms with Gasteiger partial charge >= 0.3 is 0 Å². The van der Waals surface area contributed by atoms with E-state index in [1.165, 1.54) is 0 Å². The molecule has 1 N–H and O–H groups in total. The summed E-state index contributed by atoms with van der Waals surface area (Å²) in [6.07, 6.45) is 3.59. The van der Waals surface area contributed by atoms with Gasteiger partial charge in [-0.2, -0.15) is 5.10 Å². The largest absolute Gasteiger partial charge is 0.360 e. The number of nitrogens with one attached hydrogen (secondary N) is 1. The zero-order chi connectivity index (χ0) is 14.7. The molecule has 2 aromatic heterocycles. The molecule has 0 fully saturated rings. The van der Waals surface area contributed by atoms with Gasteiger partial charge in [0, 0.05) is 24.4 Å². The van der Waals surface area contributed by atoms with E-state index in [1.807, 2.05) is 33.0 Å². The van der Waals surface area contributed by atoms with E-state index in [9.17, 15) is 4.79 Å². The number of rotatable bonds is 5. The lowest BCUT2D eigenvalue weighted by molar-refractivity contribution is 0.0933. The van der Waals surface area contributed by atoms with Crippen molar-refractivity contribution in [2.45, 2.75) is 46.2 Å². The van der Waals surface area contributed by atoms with Gasteiger partial charge in [0.15, 0.2) is 5.76 Å². The van der Waals surface area contributed by atoms with Crippen molar-refractivity contribution in [3.05, 3.63) is 35.5 Å². The third-order valence-corrected chi connectivity index (χ3v) is 3.04. The van der Waals surface area contributed by atoms with E-state index >= 15 is 0 Å². The molecule has 0 spiro atoms. The average Bonchev–Trinajstić information content (AvgIpc) is 2.97. The average molecular weight is 276 g/mol. The molecular weight excluding hydrogens is 256 g/mol. The number of amides is 1. The quantitative estimate of drug-likeness (QED) is 0.908. The maximum atomic E-state index is 12.4. The molecule has 2 rings (SSSR count). The summed E-state index contributed by atoms with van der Waals surface area (Å²) in [5.41, 5.74) is 1.17. The van der Waals surface area contributed by atoms with E-state index < -0.39 is 0 Å². The van der Waals surface area contributed by atoms with Crippen LogP contribution in [0.3, 0.4) is 0 Å². The number of aryl methyl sites for hydroxylation is 1. The lowest BCUT2D eigenvalue weighted by Crippen LogP contribution is -2.36. The SMILES string of the molecule is Cc1noc(C(C)C)c1C(=O)N[C@H](C)Cn1cccn1. The summed E-state index contributed by atoms with van der Waals surface area (Å²) >= 11 is 0. The number of nitrogens with zero attached hydrogens (tertiary/aromatic N) is 3. The van der Waals surface area contributed by atoms with Gasteiger partial charge in [0.1, 0.15) is 5.56 Å². The fourth-order valence-corrected chi connectivity index (χ4v) is 2.09. The van der Waals surface area contributed by atoms with Crippen molar-refractivity contribution in [3.8, 4) is 0 Å². The Balaban J connectivity index is 2.06. The number of aromatic nitrogens is 3. The fourth-order valence-electron chi connectivity index (χ4n) is 2.09. The van der Waals surface area contributed by atoms with Crippen LogP contribution in [0.5, 0.6) is 0 Å². The van der Waals surface area contributed by atoms with Crippen LogP contribution >= 0.6 is 0 Å². The van der Waals surface area contributed by atoms with Crippen molar-refractivity contribution in [2.75, 3.05) is 0 Å². The van der Waals surface area contributed by atoms with Crippen molar-refractivity contribution < 1.29 is 9.32 Å².